The molecule has 0 saturated carbocycles. The Bertz CT molecular complexity index is 712. The summed E-state index contributed by atoms with van der Waals surface area (Å²) in [6.07, 6.45) is -10.5. The highest BCUT2D eigenvalue weighted by Gasteiger charge is 2.33. The first-order valence-electron chi connectivity index (χ1n) is 6.76. The summed E-state index contributed by atoms with van der Waals surface area (Å²) in [6, 6.07) is 7.27. The van der Waals surface area contributed by atoms with Crippen molar-refractivity contribution in [2.45, 2.75) is 12.4 Å². The Morgan fingerprint density at radius 2 is 1.24 bits per heavy atom. The van der Waals surface area contributed by atoms with E-state index < -0.39 is 29.6 Å². The van der Waals surface area contributed by atoms with Crippen molar-refractivity contribution in [3.63, 3.8) is 0 Å². The smallest absolute Gasteiger partial charge is 0.418 e. The minimum absolute atomic E-state index is 0.277. The fraction of sp³-hybridized carbons (Fsp3) is 0.188. The Morgan fingerprint density at radius 1 is 0.840 bits per heavy atom. The number of anilines is 2. The molecule has 2 aromatic carbocycles. The van der Waals surface area contributed by atoms with E-state index in [1.807, 2.05) is 0 Å². The van der Waals surface area contributed by atoms with Crippen molar-refractivity contribution in [1.82, 2.24) is 0 Å². The van der Waals surface area contributed by atoms with Crippen LogP contribution >= 0.6 is 0 Å². The average Bonchev–Trinajstić information content (AvgIpc) is 2.54. The number of hydrogen-bond acceptors (Lipinski definition) is 2. The molecule has 2 aromatic rings. The summed E-state index contributed by atoms with van der Waals surface area (Å²) in [6.45, 7) is 0. The van der Waals surface area contributed by atoms with Crippen LogP contribution in [0.25, 0.3) is 0 Å². The second-order valence-electron chi connectivity index (χ2n) is 4.90. The van der Waals surface area contributed by atoms with Crippen molar-refractivity contribution in [3.05, 3.63) is 59.7 Å². The quantitative estimate of drug-likeness (QED) is 0.648. The van der Waals surface area contributed by atoms with Gasteiger partial charge in [0.15, 0.2) is 0 Å². The number of amides is 1. The van der Waals surface area contributed by atoms with E-state index in [-0.39, 0.29) is 11.4 Å². The van der Waals surface area contributed by atoms with Crippen LogP contribution in [0.15, 0.2) is 48.5 Å². The molecule has 0 aliphatic heterocycles. The van der Waals surface area contributed by atoms with Crippen LogP contribution in [0.1, 0.15) is 11.1 Å². The number of benzene rings is 2. The van der Waals surface area contributed by atoms with E-state index in [1.54, 1.807) is 0 Å². The van der Waals surface area contributed by atoms with Crippen molar-refractivity contribution in [1.29, 1.82) is 0 Å². The molecule has 0 spiro atoms. The summed E-state index contributed by atoms with van der Waals surface area (Å²) in [5.74, 6) is 0. The van der Waals surface area contributed by atoms with Gasteiger partial charge in [0.05, 0.1) is 29.6 Å². The zero-order valence-corrected chi connectivity index (χ0v) is 12.7. The van der Waals surface area contributed by atoms with Gasteiger partial charge < -0.3 is 4.74 Å². The van der Waals surface area contributed by atoms with Gasteiger partial charge in [0.1, 0.15) is 0 Å². The second kappa shape index (κ2) is 6.66. The Hall–Kier alpha value is -2.71. The van der Waals surface area contributed by atoms with Gasteiger partial charge in [-0.1, -0.05) is 12.1 Å². The predicted octanol–water partition coefficient (Wildman–Crippen LogP) is 5.63. The average molecular weight is 363 g/mol. The van der Waals surface area contributed by atoms with Crippen molar-refractivity contribution in [2.75, 3.05) is 12.0 Å². The molecule has 25 heavy (non-hydrogen) atoms. The van der Waals surface area contributed by atoms with Crippen molar-refractivity contribution in [2.24, 2.45) is 0 Å². The monoisotopic (exact) mass is 363 g/mol. The largest absolute Gasteiger partial charge is 0.452 e. The van der Waals surface area contributed by atoms with E-state index >= 15 is 0 Å². The third-order valence-corrected chi connectivity index (χ3v) is 3.22. The van der Waals surface area contributed by atoms with Crippen LogP contribution in [0.2, 0.25) is 0 Å². The molecule has 0 radical (unpaired) electrons. The van der Waals surface area contributed by atoms with Gasteiger partial charge in [0.2, 0.25) is 0 Å². The van der Waals surface area contributed by atoms with Gasteiger partial charge in [-0.3, -0.25) is 0 Å². The molecule has 0 heterocycles. The fourth-order valence-corrected chi connectivity index (χ4v) is 2.09. The zero-order chi connectivity index (χ0) is 18.8. The van der Waals surface area contributed by atoms with Crippen LogP contribution in [-0.4, -0.2) is 13.2 Å². The summed E-state index contributed by atoms with van der Waals surface area (Å²) in [5, 5.41) is 0. The number of hydrogen-bond donors (Lipinski definition) is 0. The SMILES string of the molecule is COC(=O)N(c1cccc(C(F)(F)F)c1)c1cccc(C(F)(F)F)c1. The molecule has 0 bridgehead atoms. The molecular weight excluding hydrogens is 352 g/mol. The second-order valence-corrected chi connectivity index (χ2v) is 4.90. The maximum Gasteiger partial charge on any atom is 0.418 e. The number of carbonyl (C=O) groups is 1. The molecule has 1 amide bonds. The Morgan fingerprint density at radius 3 is 1.56 bits per heavy atom. The number of rotatable bonds is 2. The van der Waals surface area contributed by atoms with Gasteiger partial charge in [-0.25, -0.2) is 9.69 Å². The topological polar surface area (TPSA) is 29.5 Å². The van der Waals surface area contributed by atoms with Gasteiger partial charge in [-0.15, -0.1) is 0 Å². The van der Waals surface area contributed by atoms with Crippen LogP contribution in [0.5, 0.6) is 0 Å². The molecule has 134 valence electrons. The lowest BCUT2D eigenvalue weighted by molar-refractivity contribution is -0.138. The van der Waals surface area contributed by atoms with Crippen LogP contribution in [-0.2, 0) is 17.1 Å². The highest BCUT2D eigenvalue weighted by Crippen LogP contribution is 2.36. The van der Waals surface area contributed by atoms with Gasteiger partial charge in [-0.2, -0.15) is 26.3 Å². The number of methoxy groups -OCH3 is 1. The van der Waals surface area contributed by atoms with E-state index in [2.05, 4.69) is 4.74 Å². The summed E-state index contributed by atoms with van der Waals surface area (Å²) in [7, 11) is 0.969. The van der Waals surface area contributed by atoms with E-state index in [9.17, 15) is 31.1 Å². The Balaban J connectivity index is 2.57. The normalized spacial score (nSPS) is 12.0. The molecule has 0 atom stereocenters. The molecule has 0 saturated heterocycles. The lowest BCUT2D eigenvalue weighted by Gasteiger charge is -2.23. The Kier molecular flexibility index (Phi) is 4.96. The highest BCUT2D eigenvalue weighted by atomic mass is 19.4. The molecule has 0 N–H and O–H groups in total. The van der Waals surface area contributed by atoms with Gasteiger partial charge in [0, 0.05) is 0 Å². The maximum atomic E-state index is 12.9. The molecule has 0 aliphatic carbocycles. The summed E-state index contributed by atoms with van der Waals surface area (Å²) in [4.78, 5) is 12.6. The molecule has 3 nitrogen and oxygen atoms in total. The van der Waals surface area contributed by atoms with E-state index in [1.165, 1.54) is 0 Å². The van der Waals surface area contributed by atoms with Gasteiger partial charge in [0.25, 0.3) is 0 Å². The molecule has 0 fully saturated rings. The molecule has 0 unspecified atom stereocenters. The first-order chi connectivity index (χ1) is 11.5. The number of ether oxygens (including phenoxy) is 1. The van der Waals surface area contributed by atoms with Crippen LogP contribution in [0.4, 0.5) is 42.5 Å². The van der Waals surface area contributed by atoms with Gasteiger partial charge in [-0.05, 0) is 36.4 Å². The summed E-state index contributed by atoms with van der Waals surface area (Å²) < 4.78 is 81.6. The van der Waals surface area contributed by atoms with E-state index in [4.69, 9.17) is 0 Å². The maximum absolute atomic E-state index is 12.9. The third-order valence-electron chi connectivity index (χ3n) is 3.22. The standard InChI is InChI=1S/C16H11F6NO2/c1-25-14(24)23(12-6-2-4-10(8-12)15(17,18)19)13-7-3-5-11(9-13)16(20,21)22/h2-9H,1H3. The molecule has 0 aliphatic rings. The Labute approximate surface area is 138 Å². The van der Waals surface area contributed by atoms with Crippen molar-refractivity contribution in [3.8, 4) is 0 Å². The minimum Gasteiger partial charge on any atom is -0.452 e. The lowest BCUT2D eigenvalue weighted by Crippen LogP contribution is -2.26. The zero-order valence-electron chi connectivity index (χ0n) is 12.7. The molecule has 2 rings (SSSR count). The van der Waals surface area contributed by atoms with Crippen LogP contribution < -0.4 is 4.90 Å². The summed E-state index contributed by atoms with van der Waals surface area (Å²) in [5.41, 5.74) is -2.65. The summed E-state index contributed by atoms with van der Waals surface area (Å²) >= 11 is 0. The highest BCUT2D eigenvalue weighted by molar-refractivity contribution is 5.96. The van der Waals surface area contributed by atoms with Crippen LogP contribution in [0, 0.1) is 0 Å². The first-order valence-corrected chi connectivity index (χ1v) is 6.76. The number of nitrogens with zero attached hydrogens (tertiary/aromatic N) is 1. The number of carbonyl (C=O) groups excluding carboxylic acids is 1. The first kappa shape index (κ1) is 18.6. The van der Waals surface area contributed by atoms with Crippen LogP contribution in [0.3, 0.4) is 0 Å². The number of halogens is 6. The third kappa shape index (κ3) is 4.23. The molecular formula is C16H11F6NO2. The molecule has 9 heteroatoms. The minimum atomic E-state index is -4.67. The molecule has 0 aromatic heterocycles. The predicted molar refractivity (Wildman–Crippen MR) is 77.4 cm³/mol. The van der Waals surface area contributed by atoms with Crippen molar-refractivity contribution >= 4 is 17.5 Å². The fourth-order valence-electron chi connectivity index (χ4n) is 2.09. The number of alkyl halides is 6. The van der Waals surface area contributed by atoms with E-state index in [0.29, 0.717) is 17.0 Å². The van der Waals surface area contributed by atoms with Crippen molar-refractivity contribution < 1.29 is 35.9 Å². The van der Waals surface area contributed by atoms with Gasteiger partial charge >= 0.3 is 18.4 Å². The van der Waals surface area contributed by atoms with E-state index in [0.717, 1.165) is 43.5 Å². The lowest BCUT2D eigenvalue weighted by atomic mass is 10.1.